The summed E-state index contributed by atoms with van der Waals surface area (Å²) in [5.41, 5.74) is 1.52. The van der Waals surface area contributed by atoms with E-state index in [9.17, 15) is 0 Å². The summed E-state index contributed by atoms with van der Waals surface area (Å²) < 4.78 is 5.55. The number of methoxy groups -OCH3 is 1. The topological polar surface area (TPSA) is 12.5 Å². The summed E-state index contributed by atoms with van der Waals surface area (Å²) in [6.45, 7) is 5.37. The highest BCUT2D eigenvalue weighted by Crippen LogP contribution is 2.28. The Hall–Kier alpha value is -0.860. The molecule has 1 saturated heterocycles. The number of likely N-dealkylation sites (tertiary alicyclic amines) is 1. The molecule has 2 rings (SSSR count). The molecule has 82 valence electrons. The number of ether oxygens (including phenoxy) is 1. The molecule has 1 aliphatic heterocycles. The third-order valence-electron chi connectivity index (χ3n) is 3.35. The SMILES string of the molecule is CCC1(OC)CN(Cc2ccccc2)C1. The fourth-order valence-corrected chi connectivity index (χ4v) is 2.22. The van der Waals surface area contributed by atoms with E-state index in [1.807, 2.05) is 7.11 Å². The number of nitrogens with zero attached hydrogens (tertiary/aromatic N) is 1. The Morgan fingerprint density at radius 3 is 2.47 bits per heavy atom. The lowest BCUT2D eigenvalue weighted by atomic mass is 9.90. The normalized spacial score (nSPS) is 19.9. The van der Waals surface area contributed by atoms with Crippen LogP contribution in [0.3, 0.4) is 0 Å². The number of rotatable bonds is 4. The molecule has 0 amide bonds. The van der Waals surface area contributed by atoms with Crippen LogP contribution < -0.4 is 0 Å². The van der Waals surface area contributed by atoms with Crippen LogP contribution in [-0.4, -0.2) is 30.7 Å². The molecule has 0 N–H and O–H groups in total. The van der Waals surface area contributed by atoms with Gasteiger partial charge in [0.25, 0.3) is 0 Å². The van der Waals surface area contributed by atoms with Gasteiger partial charge in [-0.25, -0.2) is 0 Å². The van der Waals surface area contributed by atoms with Gasteiger partial charge in [0.05, 0.1) is 5.60 Å². The van der Waals surface area contributed by atoms with Gasteiger partial charge in [-0.1, -0.05) is 37.3 Å². The van der Waals surface area contributed by atoms with Crippen LogP contribution in [0.15, 0.2) is 30.3 Å². The van der Waals surface area contributed by atoms with Gasteiger partial charge < -0.3 is 4.74 Å². The minimum atomic E-state index is 0.134. The quantitative estimate of drug-likeness (QED) is 0.748. The molecule has 2 heteroatoms. The second-order valence-corrected chi connectivity index (χ2v) is 4.37. The molecule has 0 unspecified atom stereocenters. The minimum absolute atomic E-state index is 0.134. The Morgan fingerprint density at radius 1 is 1.27 bits per heavy atom. The van der Waals surface area contributed by atoms with Crippen LogP contribution in [0.25, 0.3) is 0 Å². The molecular weight excluding hydrogens is 186 g/mol. The smallest absolute Gasteiger partial charge is 0.0928 e. The molecular formula is C13H19NO. The van der Waals surface area contributed by atoms with Crippen molar-refractivity contribution < 1.29 is 4.74 Å². The number of hydrogen-bond acceptors (Lipinski definition) is 2. The van der Waals surface area contributed by atoms with Crippen LogP contribution in [0.4, 0.5) is 0 Å². The maximum atomic E-state index is 5.55. The van der Waals surface area contributed by atoms with Crippen LogP contribution in [0, 0.1) is 0 Å². The van der Waals surface area contributed by atoms with E-state index in [0.717, 1.165) is 26.1 Å². The fourth-order valence-electron chi connectivity index (χ4n) is 2.22. The van der Waals surface area contributed by atoms with Gasteiger partial charge in [-0.3, -0.25) is 4.90 Å². The molecule has 0 saturated carbocycles. The Morgan fingerprint density at radius 2 is 1.93 bits per heavy atom. The molecule has 0 aromatic heterocycles. The first kappa shape index (κ1) is 10.7. The zero-order valence-corrected chi connectivity index (χ0v) is 9.57. The summed E-state index contributed by atoms with van der Waals surface area (Å²) in [7, 11) is 1.82. The van der Waals surface area contributed by atoms with Gasteiger partial charge in [-0.2, -0.15) is 0 Å². The first-order chi connectivity index (χ1) is 7.28. The van der Waals surface area contributed by atoms with E-state index in [1.165, 1.54) is 5.56 Å². The fraction of sp³-hybridized carbons (Fsp3) is 0.538. The first-order valence-electron chi connectivity index (χ1n) is 5.59. The highest BCUT2D eigenvalue weighted by Gasteiger charge is 2.41. The second kappa shape index (κ2) is 4.33. The van der Waals surface area contributed by atoms with Crippen molar-refractivity contribution in [3.05, 3.63) is 35.9 Å². The van der Waals surface area contributed by atoms with Crippen LogP contribution in [0.5, 0.6) is 0 Å². The molecule has 0 aliphatic carbocycles. The van der Waals surface area contributed by atoms with Crippen molar-refractivity contribution in [2.24, 2.45) is 0 Å². The first-order valence-corrected chi connectivity index (χ1v) is 5.59. The largest absolute Gasteiger partial charge is 0.376 e. The lowest BCUT2D eigenvalue weighted by Gasteiger charge is -2.48. The van der Waals surface area contributed by atoms with E-state index in [1.54, 1.807) is 0 Å². The highest BCUT2D eigenvalue weighted by molar-refractivity contribution is 5.15. The van der Waals surface area contributed by atoms with Crippen molar-refractivity contribution in [3.8, 4) is 0 Å². The molecule has 1 aliphatic rings. The monoisotopic (exact) mass is 205 g/mol. The standard InChI is InChI=1S/C13H19NO/c1-3-13(15-2)10-14(11-13)9-12-7-5-4-6-8-12/h4-8H,3,9-11H2,1-2H3. The minimum Gasteiger partial charge on any atom is -0.376 e. The summed E-state index contributed by atoms with van der Waals surface area (Å²) in [6.07, 6.45) is 1.11. The van der Waals surface area contributed by atoms with Crippen LogP contribution in [0.2, 0.25) is 0 Å². The average molecular weight is 205 g/mol. The van der Waals surface area contributed by atoms with Gasteiger partial charge in [0.15, 0.2) is 0 Å². The Bertz CT molecular complexity index is 298. The third-order valence-corrected chi connectivity index (χ3v) is 3.35. The van der Waals surface area contributed by atoms with Crippen molar-refractivity contribution in [2.45, 2.75) is 25.5 Å². The molecule has 1 aromatic rings. The van der Waals surface area contributed by atoms with Crippen LogP contribution >= 0.6 is 0 Å². The summed E-state index contributed by atoms with van der Waals surface area (Å²) in [4.78, 5) is 2.43. The van der Waals surface area contributed by atoms with E-state index in [2.05, 4.69) is 42.2 Å². The van der Waals surface area contributed by atoms with Crippen LogP contribution in [-0.2, 0) is 11.3 Å². The second-order valence-electron chi connectivity index (χ2n) is 4.37. The molecule has 0 atom stereocenters. The molecule has 15 heavy (non-hydrogen) atoms. The molecule has 0 spiro atoms. The summed E-state index contributed by atoms with van der Waals surface area (Å²) in [5, 5.41) is 0. The van der Waals surface area contributed by atoms with Crippen molar-refractivity contribution in [3.63, 3.8) is 0 Å². The van der Waals surface area contributed by atoms with Crippen LogP contribution in [0.1, 0.15) is 18.9 Å². The van der Waals surface area contributed by atoms with Gasteiger partial charge in [-0.15, -0.1) is 0 Å². The van der Waals surface area contributed by atoms with E-state index in [0.29, 0.717) is 0 Å². The molecule has 0 radical (unpaired) electrons. The van der Waals surface area contributed by atoms with Crippen molar-refractivity contribution in [1.29, 1.82) is 0 Å². The number of benzene rings is 1. The van der Waals surface area contributed by atoms with Crippen molar-refractivity contribution in [1.82, 2.24) is 4.90 Å². The predicted octanol–water partition coefficient (Wildman–Crippen LogP) is 2.30. The Balaban J connectivity index is 1.86. The summed E-state index contributed by atoms with van der Waals surface area (Å²) in [6, 6.07) is 10.6. The summed E-state index contributed by atoms with van der Waals surface area (Å²) in [5.74, 6) is 0. The average Bonchev–Trinajstić information content (AvgIpc) is 2.24. The van der Waals surface area contributed by atoms with Gasteiger partial charge >= 0.3 is 0 Å². The lowest BCUT2D eigenvalue weighted by Crippen LogP contribution is -2.61. The van der Waals surface area contributed by atoms with Gasteiger partial charge in [0, 0.05) is 26.7 Å². The van der Waals surface area contributed by atoms with Gasteiger partial charge in [0.1, 0.15) is 0 Å². The maximum Gasteiger partial charge on any atom is 0.0928 e. The molecule has 1 fully saturated rings. The maximum absolute atomic E-state index is 5.55. The third kappa shape index (κ3) is 2.21. The zero-order valence-electron chi connectivity index (χ0n) is 9.57. The molecule has 2 nitrogen and oxygen atoms in total. The Kier molecular flexibility index (Phi) is 3.08. The van der Waals surface area contributed by atoms with Crippen molar-refractivity contribution in [2.75, 3.05) is 20.2 Å². The zero-order chi connectivity index (χ0) is 10.7. The van der Waals surface area contributed by atoms with Crippen molar-refractivity contribution >= 4 is 0 Å². The predicted molar refractivity (Wildman–Crippen MR) is 61.8 cm³/mol. The van der Waals surface area contributed by atoms with Gasteiger partial charge in [-0.05, 0) is 12.0 Å². The lowest BCUT2D eigenvalue weighted by molar-refractivity contribution is -0.129. The summed E-state index contributed by atoms with van der Waals surface area (Å²) >= 11 is 0. The van der Waals surface area contributed by atoms with Gasteiger partial charge in [0.2, 0.25) is 0 Å². The molecule has 0 bridgehead atoms. The van der Waals surface area contributed by atoms with E-state index in [4.69, 9.17) is 4.74 Å². The van der Waals surface area contributed by atoms with E-state index in [-0.39, 0.29) is 5.60 Å². The molecule has 1 aromatic carbocycles. The molecule has 1 heterocycles. The Labute approximate surface area is 91.9 Å². The van der Waals surface area contributed by atoms with E-state index < -0.39 is 0 Å². The van der Waals surface area contributed by atoms with E-state index >= 15 is 0 Å². The number of hydrogen-bond donors (Lipinski definition) is 0. The highest BCUT2D eigenvalue weighted by atomic mass is 16.5.